The van der Waals surface area contributed by atoms with Crippen molar-refractivity contribution in [2.75, 3.05) is 30.3 Å². The standard InChI is InChI=1S/C34H32F3N3O3/c1-2-43-33(42)31(24-8-4-3-5-9-24)40-21-20-28(22-40)38-26-16-18-27(19-17-26)39-32(41)30-11-7-6-10-29(30)23-12-14-25(15-13-23)34(35,36)37/h3-19,28,31,38H,2,20-22H2,1H3,(H,39,41). The van der Waals surface area contributed by atoms with Crippen molar-refractivity contribution in [3.63, 3.8) is 0 Å². The number of ether oxygens (including phenoxy) is 1. The Morgan fingerprint density at radius 3 is 2.21 bits per heavy atom. The summed E-state index contributed by atoms with van der Waals surface area (Å²) in [6, 6.07) is 28.2. The van der Waals surface area contributed by atoms with Crippen LogP contribution in [-0.2, 0) is 15.7 Å². The minimum absolute atomic E-state index is 0.122. The van der Waals surface area contributed by atoms with Crippen LogP contribution in [-0.4, -0.2) is 42.5 Å². The molecule has 4 aromatic rings. The number of halogens is 3. The predicted octanol–water partition coefficient (Wildman–Crippen LogP) is 7.42. The number of nitrogens with zero attached hydrogens (tertiary/aromatic N) is 1. The second-order valence-electron chi connectivity index (χ2n) is 10.3. The molecule has 1 fully saturated rings. The smallest absolute Gasteiger partial charge is 0.416 e. The number of amides is 1. The van der Waals surface area contributed by atoms with Gasteiger partial charge in [0.25, 0.3) is 5.91 Å². The third-order valence-electron chi connectivity index (χ3n) is 7.42. The molecule has 43 heavy (non-hydrogen) atoms. The molecule has 0 radical (unpaired) electrons. The quantitative estimate of drug-likeness (QED) is 0.200. The number of carbonyl (C=O) groups is 2. The normalized spacial score (nSPS) is 16.0. The Balaban J connectivity index is 1.22. The Labute approximate surface area is 248 Å². The molecular weight excluding hydrogens is 555 g/mol. The first-order valence-corrected chi connectivity index (χ1v) is 14.1. The van der Waals surface area contributed by atoms with Crippen molar-refractivity contribution < 1.29 is 27.5 Å². The fourth-order valence-corrected chi connectivity index (χ4v) is 5.35. The van der Waals surface area contributed by atoms with E-state index >= 15 is 0 Å². The summed E-state index contributed by atoms with van der Waals surface area (Å²) in [6.07, 6.45) is -3.58. The van der Waals surface area contributed by atoms with Crippen LogP contribution in [0.4, 0.5) is 24.5 Å². The Morgan fingerprint density at radius 1 is 0.884 bits per heavy atom. The highest BCUT2D eigenvalue weighted by atomic mass is 19.4. The molecule has 0 aromatic heterocycles. The van der Waals surface area contributed by atoms with Gasteiger partial charge in [-0.25, -0.2) is 4.79 Å². The van der Waals surface area contributed by atoms with Gasteiger partial charge < -0.3 is 15.4 Å². The van der Waals surface area contributed by atoms with Crippen molar-refractivity contribution in [2.45, 2.75) is 31.6 Å². The Kier molecular flexibility index (Phi) is 9.11. The lowest BCUT2D eigenvalue weighted by atomic mass is 9.98. The largest absolute Gasteiger partial charge is 0.465 e. The zero-order valence-corrected chi connectivity index (χ0v) is 23.6. The van der Waals surface area contributed by atoms with Gasteiger partial charge in [0.05, 0.1) is 12.2 Å². The molecule has 2 unspecified atom stereocenters. The van der Waals surface area contributed by atoms with E-state index in [0.717, 1.165) is 36.3 Å². The van der Waals surface area contributed by atoms with Gasteiger partial charge in [0.2, 0.25) is 0 Å². The van der Waals surface area contributed by atoms with Crippen molar-refractivity contribution in [3.8, 4) is 11.1 Å². The minimum atomic E-state index is -4.43. The topological polar surface area (TPSA) is 70.7 Å². The van der Waals surface area contributed by atoms with Gasteiger partial charge in [0.1, 0.15) is 6.04 Å². The van der Waals surface area contributed by atoms with Crippen LogP contribution in [0, 0.1) is 0 Å². The molecule has 2 atom stereocenters. The van der Waals surface area contributed by atoms with Crippen molar-refractivity contribution in [3.05, 3.63) is 120 Å². The average molecular weight is 588 g/mol. The fraction of sp³-hybridized carbons (Fsp3) is 0.235. The van der Waals surface area contributed by atoms with E-state index in [1.165, 1.54) is 12.1 Å². The van der Waals surface area contributed by atoms with E-state index in [1.54, 1.807) is 43.3 Å². The molecule has 0 spiro atoms. The van der Waals surface area contributed by atoms with E-state index in [1.807, 2.05) is 42.5 Å². The number of anilines is 2. The third kappa shape index (κ3) is 7.24. The number of nitrogens with one attached hydrogen (secondary N) is 2. The predicted molar refractivity (Wildman–Crippen MR) is 161 cm³/mol. The minimum Gasteiger partial charge on any atom is -0.465 e. The highest BCUT2D eigenvalue weighted by Gasteiger charge is 2.34. The summed E-state index contributed by atoms with van der Waals surface area (Å²) in [4.78, 5) is 28.1. The third-order valence-corrected chi connectivity index (χ3v) is 7.42. The second-order valence-corrected chi connectivity index (χ2v) is 10.3. The average Bonchev–Trinajstić information content (AvgIpc) is 3.46. The maximum absolute atomic E-state index is 13.2. The van der Waals surface area contributed by atoms with Crippen molar-refractivity contribution in [1.29, 1.82) is 0 Å². The van der Waals surface area contributed by atoms with Crippen molar-refractivity contribution >= 4 is 23.3 Å². The molecule has 4 aromatic carbocycles. The van der Waals surface area contributed by atoms with Crippen LogP contribution in [0.15, 0.2) is 103 Å². The zero-order chi connectivity index (χ0) is 30.4. The number of carbonyl (C=O) groups excluding carboxylic acids is 2. The first-order chi connectivity index (χ1) is 20.7. The van der Waals surface area contributed by atoms with Crippen LogP contribution in [0.3, 0.4) is 0 Å². The molecule has 0 bridgehead atoms. The first kappa shape index (κ1) is 29.8. The molecule has 1 saturated heterocycles. The maximum atomic E-state index is 13.2. The Hall–Kier alpha value is -4.63. The van der Waals surface area contributed by atoms with Gasteiger partial charge >= 0.3 is 12.1 Å². The fourth-order valence-electron chi connectivity index (χ4n) is 5.35. The summed E-state index contributed by atoms with van der Waals surface area (Å²) in [6.45, 7) is 3.53. The summed E-state index contributed by atoms with van der Waals surface area (Å²) >= 11 is 0. The van der Waals surface area contributed by atoms with Gasteiger partial charge in [0, 0.05) is 36.1 Å². The van der Waals surface area contributed by atoms with Crippen LogP contribution < -0.4 is 10.6 Å². The van der Waals surface area contributed by atoms with Crippen LogP contribution >= 0.6 is 0 Å². The van der Waals surface area contributed by atoms with Crippen LogP contribution in [0.2, 0.25) is 0 Å². The number of rotatable bonds is 9. The summed E-state index contributed by atoms with van der Waals surface area (Å²) < 4.78 is 44.4. The molecular formula is C34H32F3N3O3. The number of alkyl halides is 3. The lowest BCUT2D eigenvalue weighted by Gasteiger charge is -2.26. The van der Waals surface area contributed by atoms with Gasteiger partial charge in [-0.3, -0.25) is 9.69 Å². The van der Waals surface area contributed by atoms with Crippen molar-refractivity contribution in [2.24, 2.45) is 0 Å². The Bertz CT molecular complexity index is 1540. The number of benzene rings is 4. The molecule has 9 heteroatoms. The summed E-state index contributed by atoms with van der Waals surface area (Å²) in [5, 5.41) is 6.40. The number of esters is 1. The van der Waals surface area contributed by atoms with E-state index < -0.39 is 17.8 Å². The summed E-state index contributed by atoms with van der Waals surface area (Å²) in [5.41, 5.74) is 3.02. The molecule has 1 heterocycles. The van der Waals surface area contributed by atoms with Gasteiger partial charge in [-0.05, 0) is 72.5 Å². The molecule has 5 rings (SSSR count). The van der Waals surface area contributed by atoms with E-state index in [-0.39, 0.29) is 17.9 Å². The molecule has 0 aliphatic carbocycles. The van der Waals surface area contributed by atoms with Crippen LogP contribution in [0.25, 0.3) is 11.1 Å². The molecule has 1 amide bonds. The number of likely N-dealkylation sites (tertiary alicyclic amines) is 1. The van der Waals surface area contributed by atoms with Gasteiger partial charge in [0.15, 0.2) is 0 Å². The van der Waals surface area contributed by atoms with Gasteiger partial charge in [-0.1, -0.05) is 60.7 Å². The lowest BCUT2D eigenvalue weighted by molar-refractivity contribution is -0.149. The van der Waals surface area contributed by atoms with Crippen LogP contribution in [0.5, 0.6) is 0 Å². The van der Waals surface area contributed by atoms with E-state index in [4.69, 9.17) is 4.74 Å². The monoisotopic (exact) mass is 587 g/mol. The number of hydrogen-bond donors (Lipinski definition) is 2. The molecule has 2 N–H and O–H groups in total. The van der Waals surface area contributed by atoms with E-state index in [2.05, 4.69) is 15.5 Å². The second kappa shape index (κ2) is 13.1. The van der Waals surface area contributed by atoms with E-state index in [9.17, 15) is 22.8 Å². The van der Waals surface area contributed by atoms with Crippen molar-refractivity contribution in [1.82, 2.24) is 4.90 Å². The molecule has 222 valence electrons. The summed E-state index contributed by atoms with van der Waals surface area (Å²) in [5.74, 6) is -0.622. The molecule has 1 aliphatic heterocycles. The lowest BCUT2D eigenvalue weighted by Crippen LogP contribution is -2.35. The Morgan fingerprint density at radius 2 is 1.53 bits per heavy atom. The zero-order valence-electron chi connectivity index (χ0n) is 23.6. The highest BCUT2D eigenvalue weighted by molar-refractivity contribution is 6.08. The first-order valence-electron chi connectivity index (χ1n) is 14.1. The highest BCUT2D eigenvalue weighted by Crippen LogP contribution is 2.32. The van der Waals surface area contributed by atoms with Gasteiger partial charge in [-0.15, -0.1) is 0 Å². The molecule has 0 saturated carbocycles. The summed E-state index contributed by atoms with van der Waals surface area (Å²) in [7, 11) is 0. The molecule has 1 aliphatic rings. The number of hydrogen-bond acceptors (Lipinski definition) is 5. The van der Waals surface area contributed by atoms with E-state index in [0.29, 0.717) is 35.5 Å². The maximum Gasteiger partial charge on any atom is 0.416 e. The SMILES string of the molecule is CCOC(=O)C(c1ccccc1)N1CCC(Nc2ccc(NC(=O)c3ccccc3-c3ccc(C(F)(F)F)cc3)cc2)C1. The molecule has 6 nitrogen and oxygen atoms in total. The van der Waals surface area contributed by atoms with Gasteiger partial charge in [-0.2, -0.15) is 13.2 Å². The van der Waals surface area contributed by atoms with Crippen LogP contribution in [0.1, 0.15) is 40.9 Å².